The Labute approximate surface area is 165 Å². The Bertz CT molecular complexity index is 1020. The maximum Gasteiger partial charge on any atom is 0.236 e. The van der Waals surface area contributed by atoms with Crippen LogP contribution in [0.2, 0.25) is 0 Å². The summed E-state index contributed by atoms with van der Waals surface area (Å²) in [5.41, 5.74) is 2.18. The molecule has 0 atom stereocenters. The highest BCUT2D eigenvalue weighted by Crippen LogP contribution is 2.29. The number of anilines is 1. The van der Waals surface area contributed by atoms with Gasteiger partial charge in [-0.25, -0.2) is 9.97 Å². The fourth-order valence-electron chi connectivity index (χ4n) is 2.35. The van der Waals surface area contributed by atoms with Gasteiger partial charge in [0.2, 0.25) is 5.91 Å². The second-order valence-corrected chi connectivity index (χ2v) is 8.04. The number of thioether (sulfide) groups is 1. The lowest BCUT2D eigenvalue weighted by molar-refractivity contribution is -0.113. The number of hydrogen-bond donors (Lipinski definition) is 1. The highest BCUT2D eigenvalue weighted by atomic mass is 32.2. The maximum absolute atomic E-state index is 12.3. The van der Waals surface area contributed by atoms with Crippen LogP contribution < -0.4 is 10.1 Å². The zero-order chi connectivity index (χ0) is 19.4. The van der Waals surface area contributed by atoms with E-state index < -0.39 is 0 Å². The van der Waals surface area contributed by atoms with Crippen molar-refractivity contribution in [2.45, 2.75) is 24.8 Å². The molecule has 2 heterocycles. The van der Waals surface area contributed by atoms with Gasteiger partial charge in [0.25, 0.3) is 0 Å². The van der Waals surface area contributed by atoms with Crippen LogP contribution in [-0.2, 0) is 4.79 Å². The summed E-state index contributed by atoms with van der Waals surface area (Å²) in [4.78, 5) is 21.2. The molecule has 1 N–H and O–H groups in total. The number of thiazole rings is 1. The third kappa shape index (κ3) is 4.56. The Morgan fingerprint density at radius 2 is 2.15 bits per heavy atom. The van der Waals surface area contributed by atoms with Crippen molar-refractivity contribution in [3.8, 4) is 11.8 Å². The Morgan fingerprint density at radius 3 is 2.85 bits per heavy atom. The number of methoxy groups -OCH3 is 1. The van der Waals surface area contributed by atoms with Crippen LogP contribution >= 0.6 is 23.1 Å². The molecule has 2 aromatic heterocycles. The van der Waals surface area contributed by atoms with Gasteiger partial charge in [0.15, 0.2) is 5.13 Å². The lowest BCUT2D eigenvalue weighted by Crippen LogP contribution is -2.14. The molecule has 0 unspecified atom stereocenters. The summed E-state index contributed by atoms with van der Waals surface area (Å²) in [5, 5.41) is 13.2. The second kappa shape index (κ2) is 8.37. The highest BCUT2D eigenvalue weighted by molar-refractivity contribution is 8.00. The fourth-order valence-corrected chi connectivity index (χ4v) is 4.04. The van der Waals surface area contributed by atoms with Gasteiger partial charge in [-0.15, -0.1) is 0 Å². The van der Waals surface area contributed by atoms with Gasteiger partial charge in [0.1, 0.15) is 16.8 Å². The summed E-state index contributed by atoms with van der Waals surface area (Å²) in [7, 11) is 1.61. The summed E-state index contributed by atoms with van der Waals surface area (Å²) in [5.74, 6) is 0.972. The number of carbonyl (C=O) groups is 1. The van der Waals surface area contributed by atoms with Gasteiger partial charge in [-0.1, -0.05) is 36.9 Å². The molecular weight excluding hydrogens is 380 g/mol. The summed E-state index contributed by atoms with van der Waals surface area (Å²) in [6.45, 7) is 4.08. The van der Waals surface area contributed by atoms with Gasteiger partial charge in [-0.3, -0.25) is 4.79 Å². The molecule has 138 valence electrons. The molecule has 1 amide bonds. The first-order valence-electron chi connectivity index (χ1n) is 8.28. The number of pyridine rings is 1. The summed E-state index contributed by atoms with van der Waals surface area (Å²) >= 11 is 2.65. The van der Waals surface area contributed by atoms with Crippen molar-refractivity contribution in [2.75, 3.05) is 18.2 Å². The first-order valence-corrected chi connectivity index (χ1v) is 10.1. The van der Waals surface area contributed by atoms with Crippen molar-refractivity contribution in [1.29, 1.82) is 5.26 Å². The molecule has 1 aromatic carbocycles. The molecule has 0 aliphatic rings. The van der Waals surface area contributed by atoms with Gasteiger partial charge in [-0.2, -0.15) is 5.26 Å². The summed E-state index contributed by atoms with van der Waals surface area (Å²) < 4.78 is 6.14. The zero-order valence-corrected chi connectivity index (χ0v) is 16.8. The quantitative estimate of drug-likeness (QED) is 0.618. The minimum atomic E-state index is -0.188. The topological polar surface area (TPSA) is 87.9 Å². The molecule has 0 saturated heterocycles. The molecule has 27 heavy (non-hydrogen) atoms. The maximum atomic E-state index is 12.3. The van der Waals surface area contributed by atoms with E-state index in [-0.39, 0.29) is 17.6 Å². The van der Waals surface area contributed by atoms with Crippen LogP contribution in [0.15, 0.2) is 35.4 Å². The van der Waals surface area contributed by atoms with Crippen molar-refractivity contribution < 1.29 is 9.53 Å². The SMILES string of the molecule is COc1ccc2nc(NC(=O)CSc3nc(C(C)C)ccc3C#N)sc2c1. The summed E-state index contributed by atoms with van der Waals surface area (Å²) in [6.07, 6.45) is 0. The summed E-state index contributed by atoms with van der Waals surface area (Å²) in [6, 6.07) is 11.3. The Hall–Kier alpha value is -2.63. The molecule has 0 radical (unpaired) electrons. The van der Waals surface area contributed by atoms with Crippen molar-refractivity contribution in [1.82, 2.24) is 9.97 Å². The van der Waals surface area contributed by atoms with Crippen LogP contribution in [0.1, 0.15) is 31.0 Å². The Morgan fingerprint density at radius 1 is 1.33 bits per heavy atom. The number of nitrogens with one attached hydrogen (secondary N) is 1. The third-order valence-corrected chi connectivity index (χ3v) is 5.70. The largest absolute Gasteiger partial charge is 0.497 e. The average Bonchev–Trinajstić information content (AvgIpc) is 3.07. The van der Waals surface area contributed by atoms with Gasteiger partial charge in [-0.05, 0) is 36.2 Å². The molecule has 0 spiro atoms. The second-order valence-electron chi connectivity index (χ2n) is 6.04. The van der Waals surface area contributed by atoms with Gasteiger partial charge in [0, 0.05) is 5.69 Å². The molecule has 0 aliphatic heterocycles. The van der Waals surface area contributed by atoms with E-state index in [2.05, 4.69) is 21.4 Å². The van der Waals surface area contributed by atoms with Crippen molar-refractivity contribution in [2.24, 2.45) is 0 Å². The number of hydrogen-bond acceptors (Lipinski definition) is 7. The van der Waals surface area contributed by atoms with E-state index in [1.165, 1.54) is 23.1 Å². The van der Waals surface area contributed by atoms with Crippen LogP contribution in [0.3, 0.4) is 0 Å². The normalized spacial score (nSPS) is 10.8. The first-order chi connectivity index (χ1) is 13.0. The predicted molar refractivity (Wildman–Crippen MR) is 109 cm³/mol. The predicted octanol–water partition coefficient (Wildman–Crippen LogP) is 4.43. The number of fused-ring (bicyclic) bond motifs is 1. The van der Waals surface area contributed by atoms with E-state index >= 15 is 0 Å². The molecule has 3 rings (SSSR count). The smallest absolute Gasteiger partial charge is 0.236 e. The lowest BCUT2D eigenvalue weighted by atomic mass is 10.1. The third-order valence-electron chi connectivity index (χ3n) is 3.78. The zero-order valence-electron chi connectivity index (χ0n) is 15.1. The van der Waals surface area contributed by atoms with Crippen LogP contribution in [0.5, 0.6) is 5.75 Å². The molecule has 3 aromatic rings. The van der Waals surface area contributed by atoms with Crippen molar-refractivity contribution >= 4 is 44.4 Å². The molecular formula is C19H18N4O2S2. The standard InChI is InChI=1S/C19H18N4O2S2/c1-11(2)14-6-4-12(9-20)18(21-14)26-10-17(24)23-19-22-15-7-5-13(25-3)8-16(15)27-19/h4-8,11H,10H2,1-3H3,(H,22,23,24). The number of ether oxygens (including phenoxy) is 1. The Balaban J connectivity index is 1.68. The van der Waals surface area contributed by atoms with E-state index in [4.69, 9.17) is 4.74 Å². The minimum Gasteiger partial charge on any atom is -0.497 e. The average molecular weight is 399 g/mol. The number of aromatic nitrogens is 2. The van der Waals surface area contributed by atoms with Crippen LogP contribution in [0, 0.1) is 11.3 Å². The van der Waals surface area contributed by atoms with Crippen LogP contribution in [0.4, 0.5) is 5.13 Å². The molecule has 0 aliphatic carbocycles. The van der Waals surface area contributed by atoms with Gasteiger partial charge >= 0.3 is 0 Å². The van der Waals surface area contributed by atoms with E-state index in [1.807, 2.05) is 38.1 Å². The van der Waals surface area contributed by atoms with E-state index in [0.717, 1.165) is 21.7 Å². The number of nitrogens with zero attached hydrogens (tertiary/aromatic N) is 3. The fraction of sp³-hybridized carbons (Fsp3) is 0.263. The highest BCUT2D eigenvalue weighted by Gasteiger charge is 2.13. The van der Waals surface area contributed by atoms with Gasteiger partial charge < -0.3 is 10.1 Å². The van der Waals surface area contributed by atoms with E-state index in [1.54, 1.807) is 13.2 Å². The van der Waals surface area contributed by atoms with E-state index in [9.17, 15) is 10.1 Å². The molecule has 8 heteroatoms. The number of amides is 1. The lowest BCUT2D eigenvalue weighted by Gasteiger charge is -2.08. The number of benzene rings is 1. The molecule has 0 bridgehead atoms. The van der Waals surface area contributed by atoms with Crippen LogP contribution in [0.25, 0.3) is 10.2 Å². The first kappa shape index (κ1) is 19.1. The van der Waals surface area contributed by atoms with Crippen molar-refractivity contribution in [3.63, 3.8) is 0 Å². The van der Waals surface area contributed by atoms with Crippen LogP contribution in [-0.4, -0.2) is 28.7 Å². The number of carbonyl (C=O) groups excluding carboxylic acids is 1. The monoisotopic (exact) mass is 398 g/mol. The van der Waals surface area contributed by atoms with E-state index in [0.29, 0.717) is 15.7 Å². The van der Waals surface area contributed by atoms with Gasteiger partial charge in [0.05, 0.1) is 28.6 Å². The molecule has 0 fully saturated rings. The molecule has 0 saturated carbocycles. The number of nitriles is 1. The Kier molecular flexibility index (Phi) is 5.94. The number of rotatable bonds is 6. The molecule has 6 nitrogen and oxygen atoms in total. The minimum absolute atomic E-state index is 0.155. The van der Waals surface area contributed by atoms with Crippen molar-refractivity contribution in [3.05, 3.63) is 41.6 Å².